The first kappa shape index (κ1) is 23.4. The van der Waals surface area contributed by atoms with Crippen molar-refractivity contribution in [2.75, 3.05) is 0 Å². The average Bonchev–Trinajstić information content (AvgIpc) is 3.53. The van der Waals surface area contributed by atoms with Crippen molar-refractivity contribution < 1.29 is 27.4 Å². The maximum absolute atomic E-state index is 13.2. The predicted octanol–water partition coefficient (Wildman–Crippen LogP) is 6.79. The number of rotatable bonds is 6. The van der Waals surface area contributed by atoms with Crippen molar-refractivity contribution in [1.29, 1.82) is 0 Å². The Morgan fingerprint density at radius 2 is 1.81 bits per heavy atom. The van der Waals surface area contributed by atoms with Crippen molar-refractivity contribution in [2.24, 2.45) is 0 Å². The molecule has 0 aliphatic rings. The monoisotopic (exact) mass is 510 g/mol. The zero-order valence-corrected chi connectivity index (χ0v) is 19.2. The number of aromatic nitrogens is 3. The molecule has 2 heterocycles. The number of carbonyl (C=O) groups is 1. The number of carbonyl (C=O) groups excluding carboxylic acids is 1. The van der Waals surface area contributed by atoms with Gasteiger partial charge in [0.1, 0.15) is 28.1 Å². The molecule has 1 amide bonds. The summed E-state index contributed by atoms with van der Waals surface area (Å²) in [5, 5.41) is 5.22. The second-order valence-corrected chi connectivity index (χ2v) is 8.53. The molecule has 182 valence electrons. The van der Waals surface area contributed by atoms with Gasteiger partial charge in [0, 0.05) is 23.2 Å². The lowest BCUT2D eigenvalue weighted by Crippen LogP contribution is -2.26. The van der Waals surface area contributed by atoms with Gasteiger partial charge in [-0.25, -0.2) is 14.8 Å². The minimum atomic E-state index is -4.52. The van der Waals surface area contributed by atoms with E-state index in [-0.39, 0.29) is 18.0 Å². The fourth-order valence-corrected chi connectivity index (χ4v) is 3.97. The van der Waals surface area contributed by atoms with E-state index in [1.165, 1.54) is 29.5 Å². The number of thiazole rings is 1. The Morgan fingerprint density at radius 1 is 1.03 bits per heavy atom. The van der Waals surface area contributed by atoms with Gasteiger partial charge >= 0.3 is 12.3 Å². The first-order valence-electron chi connectivity index (χ1n) is 10.6. The molecule has 11 heteroatoms. The van der Waals surface area contributed by atoms with Gasteiger partial charge in [0.25, 0.3) is 0 Å². The van der Waals surface area contributed by atoms with Crippen LogP contribution in [0.3, 0.4) is 0 Å². The summed E-state index contributed by atoms with van der Waals surface area (Å²) in [5.41, 5.74) is 1.15. The summed E-state index contributed by atoms with van der Waals surface area (Å²) in [6.45, 7) is 0.272. The molecule has 0 saturated carbocycles. The molecule has 0 unspecified atom stereocenters. The molecule has 0 spiro atoms. The SMILES string of the molecule is O=C(NCc1nccs1)Oc1ccc2nc(-c3ccc(Oc4ccccc4C(F)(F)F)cc3)[nH]c2c1. The van der Waals surface area contributed by atoms with Crippen LogP contribution in [0.15, 0.2) is 78.3 Å². The van der Waals surface area contributed by atoms with Crippen LogP contribution >= 0.6 is 11.3 Å². The van der Waals surface area contributed by atoms with Crippen LogP contribution in [0.4, 0.5) is 18.0 Å². The Kier molecular flexibility index (Phi) is 6.30. The van der Waals surface area contributed by atoms with Crippen LogP contribution in [0.5, 0.6) is 17.2 Å². The van der Waals surface area contributed by atoms with E-state index in [2.05, 4.69) is 20.3 Å². The van der Waals surface area contributed by atoms with Gasteiger partial charge < -0.3 is 19.8 Å². The smallest absolute Gasteiger partial charge is 0.419 e. The van der Waals surface area contributed by atoms with Gasteiger partial charge in [0.15, 0.2) is 0 Å². The van der Waals surface area contributed by atoms with E-state index < -0.39 is 17.8 Å². The lowest BCUT2D eigenvalue weighted by Gasteiger charge is -2.13. The van der Waals surface area contributed by atoms with E-state index in [0.717, 1.165) is 11.1 Å². The van der Waals surface area contributed by atoms with Crippen LogP contribution in [0.1, 0.15) is 10.6 Å². The summed E-state index contributed by atoms with van der Waals surface area (Å²) in [5.74, 6) is 0.856. The maximum Gasteiger partial charge on any atom is 0.419 e. The predicted molar refractivity (Wildman–Crippen MR) is 128 cm³/mol. The fourth-order valence-electron chi connectivity index (χ4n) is 3.42. The molecular formula is C25H17F3N4O3S. The molecule has 7 nitrogen and oxygen atoms in total. The third kappa shape index (κ3) is 5.31. The summed E-state index contributed by atoms with van der Waals surface area (Å²) in [6.07, 6.45) is -3.47. The van der Waals surface area contributed by atoms with E-state index in [4.69, 9.17) is 9.47 Å². The van der Waals surface area contributed by atoms with Gasteiger partial charge in [-0.2, -0.15) is 13.2 Å². The molecule has 0 radical (unpaired) electrons. The van der Waals surface area contributed by atoms with Crippen LogP contribution in [0, 0.1) is 0 Å². The minimum absolute atomic E-state index is 0.256. The van der Waals surface area contributed by atoms with Crippen molar-refractivity contribution in [3.05, 3.63) is 88.9 Å². The largest absolute Gasteiger partial charge is 0.457 e. The van der Waals surface area contributed by atoms with E-state index in [9.17, 15) is 18.0 Å². The Balaban J connectivity index is 1.28. The molecule has 0 fully saturated rings. The average molecular weight is 510 g/mol. The molecule has 5 rings (SSSR count). The maximum atomic E-state index is 13.2. The van der Waals surface area contributed by atoms with Crippen molar-refractivity contribution >= 4 is 28.5 Å². The molecule has 5 aromatic rings. The lowest BCUT2D eigenvalue weighted by atomic mass is 10.2. The number of nitrogens with one attached hydrogen (secondary N) is 2. The van der Waals surface area contributed by atoms with Crippen LogP contribution in [0.2, 0.25) is 0 Å². The highest BCUT2D eigenvalue weighted by molar-refractivity contribution is 7.09. The van der Waals surface area contributed by atoms with Gasteiger partial charge in [0.05, 0.1) is 23.1 Å². The molecular weight excluding hydrogens is 493 g/mol. The number of aromatic amines is 1. The van der Waals surface area contributed by atoms with Crippen molar-refractivity contribution in [3.63, 3.8) is 0 Å². The second-order valence-electron chi connectivity index (χ2n) is 7.55. The van der Waals surface area contributed by atoms with E-state index in [0.29, 0.717) is 28.2 Å². The highest BCUT2D eigenvalue weighted by Gasteiger charge is 2.34. The number of halogens is 3. The number of amides is 1. The Labute approximate surface area is 206 Å². The molecule has 36 heavy (non-hydrogen) atoms. The summed E-state index contributed by atoms with van der Waals surface area (Å²) in [6, 6.07) is 16.5. The Bertz CT molecular complexity index is 1500. The van der Waals surface area contributed by atoms with Crippen molar-refractivity contribution in [3.8, 4) is 28.6 Å². The number of nitrogens with zero attached hydrogens (tertiary/aromatic N) is 2. The van der Waals surface area contributed by atoms with Crippen LogP contribution in [-0.2, 0) is 12.7 Å². The first-order valence-corrected chi connectivity index (χ1v) is 11.5. The lowest BCUT2D eigenvalue weighted by molar-refractivity contribution is -0.138. The molecule has 3 aromatic carbocycles. The van der Waals surface area contributed by atoms with Gasteiger partial charge in [0.2, 0.25) is 0 Å². The summed E-state index contributed by atoms with van der Waals surface area (Å²) < 4.78 is 50.4. The van der Waals surface area contributed by atoms with Crippen LogP contribution in [0.25, 0.3) is 22.4 Å². The second kappa shape index (κ2) is 9.70. The number of H-pyrrole nitrogens is 1. The first-order chi connectivity index (χ1) is 17.3. The van der Waals surface area contributed by atoms with E-state index >= 15 is 0 Å². The number of hydrogen-bond acceptors (Lipinski definition) is 6. The fraction of sp³-hybridized carbons (Fsp3) is 0.0800. The number of hydrogen-bond donors (Lipinski definition) is 2. The molecule has 2 aromatic heterocycles. The normalized spacial score (nSPS) is 11.4. The number of para-hydroxylation sites is 1. The van der Waals surface area contributed by atoms with Gasteiger partial charge in [-0.05, 0) is 48.5 Å². The zero-order valence-electron chi connectivity index (χ0n) is 18.4. The zero-order chi connectivity index (χ0) is 25.1. The highest BCUT2D eigenvalue weighted by atomic mass is 32.1. The van der Waals surface area contributed by atoms with Crippen LogP contribution < -0.4 is 14.8 Å². The quantitative estimate of drug-likeness (QED) is 0.263. The molecule has 0 bridgehead atoms. The molecule has 0 saturated heterocycles. The summed E-state index contributed by atoms with van der Waals surface area (Å²) in [7, 11) is 0. The highest BCUT2D eigenvalue weighted by Crippen LogP contribution is 2.38. The molecule has 0 aliphatic carbocycles. The van der Waals surface area contributed by atoms with Gasteiger partial charge in [-0.3, -0.25) is 0 Å². The summed E-state index contributed by atoms with van der Waals surface area (Å²) >= 11 is 1.43. The third-order valence-corrected chi connectivity index (χ3v) is 5.86. The van der Waals surface area contributed by atoms with Crippen LogP contribution in [-0.4, -0.2) is 21.0 Å². The van der Waals surface area contributed by atoms with Crippen molar-refractivity contribution in [1.82, 2.24) is 20.3 Å². The minimum Gasteiger partial charge on any atom is -0.457 e. The number of alkyl halides is 3. The topological polar surface area (TPSA) is 89.1 Å². The Hall–Kier alpha value is -4.38. The number of benzene rings is 3. The molecule has 2 N–H and O–H groups in total. The van der Waals surface area contributed by atoms with E-state index in [1.807, 2.05) is 5.38 Å². The summed E-state index contributed by atoms with van der Waals surface area (Å²) in [4.78, 5) is 23.8. The Morgan fingerprint density at radius 3 is 2.56 bits per heavy atom. The number of imidazole rings is 1. The standard InChI is InChI=1S/C25H17F3N4O3S/c26-25(27,28)18-3-1-2-4-21(18)34-16-7-5-15(6-8-16)23-31-19-10-9-17(13-20(19)32-23)35-24(33)30-14-22-29-11-12-36-22/h1-13H,14H2,(H,30,33)(H,31,32). The third-order valence-electron chi connectivity index (χ3n) is 5.08. The van der Waals surface area contributed by atoms with Crippen molar-refractivity contribution in [2.45, 2.75) is 12.7 Å². The van der Waals surface area contributed by atoms with Gasteiger partial charge in [-0.15, -0.1) is 11.3 Å². The van der Waals surface area contributed by atoms with E-state index in [1.54, 1.807) is 48.7 Å². The number of ether oxygens (including phenoxy) is 2. The van der Waals surface area contributed by atoms with Gasteiger partial charge in [-0.1, -0.05) is 12.1 Å². The number of fused-ring (bicyclic) bond motifs is 1. The molecule has 0 aliphatic heterocycles. The molecule has 0 atom stereocenters.